The smallest absolute Gasteiger partial charge is 0.255 e. The third kappa shape index (κ3) is 5.44. The van der Waals surface area contributed by atoms with Crippen LogP contribution in [0.4, 0.5) is 31.8 Å². The van der Waals surface area contributed by atoms with Crippen LogP contribution in [-0.4, -0.2) is 91.3 Å². The van der Waals surface area contributed by atoms with Gasteiger partial charge >= 0.3 is 0 Å². The molecule has 4 aliphatic heterocycles. The minimum Gasteiger partial charge on any atom is -0.378 e. The Balaban J connectivity index is 1.24. The van der Waals surface area contributed by atoms with Crippen molar-refractivity contribution in [2.45, 2.75) is 57.4 Å². The Kier molecular flexibility index (Phi) is 8.04. The van der Waals surface area contributed by atoms with Gasteiger partial charge in [0.2, 0.25) is 0 Å². The minimum atomic E-state index is -0.516. The number of halogens is 2. The second-order valence-corrected chi connectivity index (χ2v) is 12.2. The van der Waals surface area contributed by atoms with Gasteiger partial charge in [-0.1, -0.05) is 13.2 Å². The van der Waals surface area contributed by atoms with Gasteiger partial charge in [0.25, 0.3) is 5.91 Å². The highest BCUT2D eigenvalue weighted by molar-refractivity contribution is 6.03. The second kappa shape index (κ2) is 11.8. The molecule has 6 rings (SSSR count). The molecule has 5 heterocycles. The number of likely N-dealkylation sites (tertiary alicyclic amines) is 1. The first-order chi connectivity index (χ1) is 20.7. The number of hydrogen-bond acceptors (Lipinski definition) is 8. The number of pyridine rings is 1. The average molecular weight is 594 g/mol. The highest BCUT2D eigenvalue weighted by atomic mass is 19.1. The van der Waals surface area contributed by atoms with Crippen molar-refractivity contribution >= 4 is 28.9 Å². The van der Waals surface area contributed by atoms with E-state index in [1.54, 1.807) is 18.2 Å². The normalized spacial score (nSPS) is 24.3. The van der Waals surface area contributed by atoms with E-state index in [2.05, 4.69) is 57.3 Å². The SMILES string of the molecule is C=CC(=C)N1C[C@H](N(C)c2nc(Nc3ccc(N4CCN(C5COC5)C[C@@H]4C)c(F)c3)c3c(c2F)CNC3=O)CC[C@@H]1C. The van der Waals surface area contributed by atoms with Crippen molar-refractivity contribution in [3.8, 4) is 0 Å². The lowest BCUT2D eigenvalue weighted by molar-refractivity contribution is -0.0691. The average Bonchev–Trinajstić information content (AvgIpc) is 3.36. The van der Waals surface area contributed by atoms with Gasteiger partial charge in [-0.3, -0.25) is 9.69 Å². The lowest BCUT2D eigenvalue weighted by atomic mass is 9.97. The molecule has 2 aromatic rings. The van der Waals surface area contributed by atoms with Crippen LogP contribution in [0.5, 0.6) is 0 Å². The number of hydrogen-bond donors (Lipinski definition) is 2. The van der Waals surface area contributed by atoms with Crippen LogP contribution in [0, 0.1) is 11.6 Å². The number of allylic oxidation sites excluding steroid dienone is 1. The number of aromatic nitrogens is 1. The number of carbonyl (C=O) groups excluding carboxylic acids is 1. The molecule has 1 aromatic heterocycles. The van der Waals surface area contributed by atoms with E-state index < -0.39 is 11.7 Å². The summed E-state index contributed by atoms with van der Waals surface area (Å²) in [6.45, 7) is 16.9. The molecule has 0 radical (unpaired) electrons. The standard InChI is InChI=1S/C32H41F2N7O2/c1-6-19(2)41-16-23(9-7-20(41)3)38(5)31-29(34)25-14-35-32(42)28(25)30(37-31)36-22-8-10-27(26(33)13-22)40-12-11-39(15-21(40)4)24-17-43-18-24/h6,8,10,13,20-21,23-24H,1-2,7,9,11-12,14-18H2,3-5H3,(H,35,42)(H,36,37)/t20-,21-,23+/m0/s1. The van der Waals surface area contributed by atoms with E-state index in [0.717, 1.165) is 51.4 Å². The second-order valence-electron chi connectivity index (χ2n) is 12.2. The number of nitrogens with zero attached hydrogens (tertiary/aromatic N) is 5. The first-order valence-corrected chi connectivity index (χ1v) is 15.1. The molecule has 43 heavy (non-hydrogen) atoms. The van der Waals surface area contributed by atoms with E-state index in [0.29, 0.717) is 30.0 Å². The van der Waals surface area contributed by atoms with E-state index in [4.69, 9.17) is 4.74 Å². The van der Waals surface area contributed by atoms with Gasteiger partial charge in [0, 0.05) is 74.8 Å². The minimum absolute atomic E-state index is 0.0261. The maximum Gasteiger partial charge on any atom is 0.255 e. The number of benzene rings is 1. The monoisotopic (exact) mass is 593 g/mol. The third-order valence-electron chi connectivity index (χ3n) is 9.53. The topological polar surface area (TPSA) is 76.2 Å². The van der Waals surface area contributed by atoms with Crippen LogP contribution in [0.25, 0.3) is 0 Å². The van der Waals surface area contributed by atoms with E-state index in [1.807, 2.05) is 11.9 Å². The van der Waals surface area contributed by atoms with Gasteiger partial charge < -0.3 is 30.1 Å². The van der Waals surface area contributed by atoms with Crippen LogP contribution in [0.1, 0.15) is 42.6 Å². The van der Waals surface area contributed by atoms with Crippen LogP contribution in [0.2, 0.25) is 0 Å². The number of anilines is 4. The summed E-state index contributed by atoms with van der Waals surface area (Å²) in [6, 6.07) is 5.84. The van der Waals surface area contributed by atoms with Gasteiger partial charge in [-0.2, -0.15) is 0 Å². The number of amides is 1. The number of ether oxygens (including phenoxy) is 1. The Hall–Kier alpha value is -3.70. The third-order valence-corrected chi connectivity index (χ3v) is 9.53. The molecule has 1 amide bonds. The molecule has 0 saturated carbocycles. The Morgan fingerprint density at radius 2 is 1.98 bits per heavy atom. The predicted molar refractivity (Wildman–Crippen MR) is 165 cm³/mol. The van der Waals surface area contributed by atoms with Crippen LogP contribution in [-0.2, 0) is 11.3 Å². The number of nitrogens with one attached hydrogen (secondary N) is 2. The first-order valence-electron chi connectivity index (χ1n) is 15.1. The van der Waals surface area contributed by atoms with Crippen molar-refractivity contribution in [2.75, 3.05) is 61.6 Å². The summed E-state index contributed by atoms with van der Waals surface area (Å²) in [6.07, 6.45) is 3.50. The van der Waals surface area contributed by atoms with Crippen molar-refractivity contribution < 1.29 is 18.3 Å². The van der Waals surface area contributed by atoms with Crippen LogP contribution >= 0.6 is 0 Å². The molecule has 0 aliphatic carbocycles. The lowest BCUT2D eigenvalue weighted by Gasteiger charge is -2.46. The Morgan fingerprint density at radius 1 is 1.19 bits per heavy atom. The van der Waals surface area contributed by atoms with Gasteiger partial charge in [0.15, 0.2) is 11.6 Å². The summed E-state index contributed by atoms with van der Waals surface area (Å²) >= 11 is 0. The molecular formula is C32H41F2N7O2. The highest BCUT2D eigenvalue weighted by Crippen LogP contribution is 2.36. The first kappa shape index (κ1) is 29.4. The van der Waals surface area contributed by atoms with E-state index in [9.17, 15) is 4.79 Å². The number of fused-ring (bicyclic) bond motifs is 1. The summed E-state index contributed by atoms with van der Waals surface area (Å²) in [5.74, 6) is -0.920. The molecule has 11 heteroatoms. The van der Waals surface area contributed by atoms with Gasteiger partial charge in [0.05, 0.1) is 30.5 Å². The summed E-state index contributed by atoms with van der Waals surface area (Å²) in [7, 11) is 1.83. The quantitative estimate of drug-likeness (QED) is 0.441. The number of rotatable bonds is 8. The summed E-state index contributed by atoms with van der Waals surface area (Å²) < 4.78 is 36.8. The molecule has 0 unspecified atom stereocenters. The molecule has 3 saturated heterocycles. The molecule has 3 fully saturated rings. The van der Waals surface area contributed by atoms with Gasteiger partial charge in [-0.15, -0.1) is 0 Å². The zero-order valence-corrected chi connectivity index (χ0v) is 25.2. The number of likely N-dealkylation sites (N-methyl/N-ethyl adjacent to an activating group) is 1. The van der Waals surface area contributed by atoms with Crippen molar-refractivity contribution in [3.63, 3.8) is 0 Å². The fraction of sp³-hybridized carbons (Fsp3) is 0.500. The molecule has 9 nitrogen and oxygen atoms in total. The Labute approximate surface area is 252 Å². The predicted octanol–water partition coefficient (Wildman–Crippen LogP) is 4.24. The Morgan fingerprint density at radius 3 is 2.65 bits per heavy atom. The zero-order chi connectivity index (χ0) is 30.4. The summed E-state index contributed by atoms with van der Waals surface area (Å²) in [4.78, 5) is 25.9. The molecule has 0 bridgehead atoms. The molecule has 3 atom stereocenters. The van der Waals surface area contributed by atoms with Crippen molar-refractivity contribution in [3.05, 3.63) is 65.9 Å². The number of piperidine rings is 1. The number of piperazine rings is 1. The van der Waals surface area contributed by atoms with Crippen molar-refractivity contribution in [1.82, 2.24) is 20.1 Å². The number of carbonyl (C=O) groups is 1. The van der Waals surface area contributed by atoms with E-state index >= 15 is 8.78 Å². The largest absolute Gasteiger partial charge is 0.378 e. The zero-order valence-electron chi connectivity index (χ0n) is 25.2. The van der Waals surface area contributed by atoms with Crippen LogP contribution in [0.15, 0.2) is 43.1 Å². The van der Waals surface area contributed by atoms with E-state index in [1.165, 1.54) is 6.07 Å². The Bertz CT molecular complexity index is 1430. The van der Waals surface area contributed by atoms with Gasteiger partial charge in [-0.25, -0.2) is 13.8 Å². The van der Waals surface area contributed by atoms with Crippen LogP contribution in [0.3, 0.4) is 0 Å². The summed E-state index contributed by atoms with van der Waals surface area (Å²) in [5, 5.41) is 5.86. The molecule has 0 spiro atoms. The molecule has 230 valence electrons. The van der Waals surface area contributed by atoms with Crippen molar-refractivity contribution in [2.24, 2.45) is 0 Å². The van der Waals surface area contributed by atoms with E-state index in [-0.39, 0.29) is 47.2 Å². The van der Waals surface area contributed by atoms with Gasteiger partial charge in [0.1, 0.15) is 11.6 Å². The molecular weight excluding hydrogens is 552 g/mol. The lowest BCUT2D eigenvalue weighted by Crippen LogP contribution is -2.59. The fourth-order valence-corrected chi connectivity index (χ4v) is 6.75. The van der Waals surface area contributed by atoms with Crippen molar-refractivity contribution in [1.29, 1.82) is 0 Å². The van der Waals surface area contributed by atoms with Crippen LogP contribution < -0.4 is 20.4 Å². The maximum absolute atomic E-state index is 15.9. The fourth-order valence-electron chi connectivity index (χ4n) is 6.75. The molecule has 1 aromatic carbocycles. The molecule has 2 N–H and O–H groups in total. The molecule has 4 aliphatic rings. The van der Waals surface area contributed by atoms with Gasteiger partial charge in [-0.05, 0) is 51.0 Å². The highest BCUT2D eigenvalue weighted by Gasteiger charge is 2.35. The maximum atomic E-state index is 15.9. The summed E-state index contributed by atoms with van der Waals surface area (Å²) in [5.41, 5.74) is 2.23.